The van der Waals surface area contributed by atoms with Gasteiger partial charge in [0, 0.05) is 18.3 Å². The van der Waals surface area contributed by atoms with Crippen LogP contribution in [0.25, 0.3) is 0 Å². The van der Waals surface area contributed by atoms with Crippen LogP contribution in [0.5, 0.6) is 0 Å². The minimum absolute atomic E-state index is 0.725. The zero-order valence-electron chi connectivity index (χ0n) is 6.76. The number of rotatable bonds is 4. The van der Waals surface area contributed by atoms with Crippen LogP contribution in [0.15, 0.2) is 18.5 Å². The van der Waals surface area contributed by atoms with Crippen molar-refractivity contribution in [3.05, 3.63) is 29.0 Å². The Morgan fingerprint density at radius 3 is 2.83 bits per heavy atom. The predicted molar refractivity (Wildman–Crippen MR) is 52.9 cm³/mol. The Morgan fingerprint density at radius 2 is 2.17 bits per heavy atom. The maximum atomic E-state index is 5.91. The molecular weight excluding hydrogens is 193 g/mol. The van der Waals surface area contributed by atoms with E-state index in [9.17, 15) is 0 Å². The van der Waals surface area contributed by atoms with E-state index in [1.54, 1.807) is 12.4 Å². The molecule has 0 aliphatic heterocycles. The Bertz CT molecular complexity index is 238. The predicted octanol–water partition coefficient (Wildman–Crippen LogP) is 3.30. The molecule has 0 spiro atoms. The highest BCUT2D eigenvalue weighted by atomic mass is 35.5. The molecule has 0 saturated carbocycles. The van der Waals surface area contributed by atoms with Gasteiger partial charge in [-0.05, 0) is 30.9 Å². The molecule has 0 atom stereocenters. The summed E-state index contributed by atoms with van der Waals surface area (Å²) in [5.41, 5.74) is 1.16. The van der Waals surface area contributed by atoms with E-state index >= 15 is 0 Å². The van der Waals surface area contributed by atoms with Gasteiger partial charge in [-0.15, -0.1) is 11.6 Å². The zero-order chi connectivity index (χ0) is 8.81. The fourth-order valence-corrected chi connectivity index (χ4v) is 1.42. The van der Waals surface area contributed by atoms with Gasteiger partial charge in [0.15, 0.2) is 0 Å². The van der Waals surface area contributed by atoms with E-state index in [0.29, 0.717) is 0 Å². The third-order valence-electron chi connectivity index (χ3n) is 1.69. The SMILES string of the molecule is ClCCCCc1ccncc1Cl. The van der Waals surface area contributed by atoms with Crippen molar-refractivity contribution >= 4 is 23.2 Å². The lowest BCUT2D eigenvalue weighted by molar-refractivity contribution is 0.799. The van der Waals surface area contributed by atoms with E-state index in [-0.39, 0.29) is 0 Å². The fourth-order valence-electron chi connectivity index (χ4n) is 1.02. The molecule has 3 heteroatoms. The number of aromatic nitrogens is 1. The van der Waals surface area contributed by atoms with Gasteiger partial charge in [-0.1, -0.05) is 11.6 Å². The minimum Gasteiger partial charge on any atom is -0.263 e. The molecule has 0 fully saturated rings. The van der Waals surface area contributed by atoms with Crippen LogP contribution in [0.1, 0.15) is 18.4 Å². The van der Waals surface area contributed by atoms with Gasteiger partial charge < -0.3 is 0 Å². The molecule has 0 N–H and O–H groups in total. The van der Waals surface area contributed by atoms with Gasteiger partial charge in [0.25, 0.3) is 0 Å². The van der Waals surface area contributed by atoms with Gasteiger partial charge in [-0.3, -0.25) is 4.98 Å². The maximum absolute atomic E-state index is 5.91. The minimum atomic E-state index is 0.725. The Labute approximate surface area is 82.7 Å². The molecule has 0 unspecified atom stereocenters. The highest BCUT2D eigenvalue weighted by Gasteiger charge is 1.97. The first-order valence-electron chi connectivity index (χ1n) is 3.99. The molecule has 1 aromatic rings. The number of aryl methyl sites for hydroxylation is 1. The maximum Gasteiger partial charge on any atom is 0.0621 e. The van der Waals surface area contributed by atoms with Crippen LogP contribution in [0.2, 0.25) is 5.02 Å². The van der Waals surface area contributed by atoms with Crippen molar-refractivity contribution in [3.63, 3.8) is 0 Å². The van der Waals surface area contributed by atoms with Gasteiger partial charge in [-0.2, -0.15) is 0 Å². The molecule has 0 amide bonds. The van der Waals surface area contributed by atoms with Crippen molar-refractivity contribution in [2.75, 3.05) is 5.88 Å². The van der Waals surface area contributed by atoms with E-state index in [1.807, 2.05) is 6.07 Å². The van der Waals surface area contributed by atoms with E-state index < -0.39 is 0 Å². The van der Waals surface area contributed by atoms with Gasteiger partial charge in [0.2, 0.25) is 0 Å². The largest absolute Gasteiger partial charge is 0.263 e. The lowest BCUT2D eigenvalue weighted by Crippen LogP contribution is -1.88. The number of unbranched alkanes of at least 4 members (excludes halogenated alkanes) is 1. The highest BCUT2D eigenvalue weighted by Crippen LogP contribution is 2.15. The van der Waals surface area contributed by atoms with Crippen LogP contribution < -0.4 is 0 Å². The molecule has 66 valence electrons. The van der Waals surface area contributed by atoms with Gasteiger partial charge in [0.1, 0.15) is 0 Å². The Hall–Kier alpha value is -0.270. The summed E-state index contributed by atoms with van der Waals surface area (Å²) in [5.74, 6) is 0.725. The van der Waals surface area contributed by atoms with Crippen molar-refractivity contribution in [2.24, 2.45) is 0 Å². The van der Waals surface area contributed by atoms with E-state index in [4.69, 9.17) is 23.2 Å². The summed E-state index contributed by atoms with van der Waals surface area (Å²) >= 11 is 11.5. The quantitative estimate of drug-likeness (QED) is 0.541. The number of hydrogen-bond acceptors (Lipinski definition) is 1. The topological polar surface area (TPSA) is 12.9 Å². The summed E-state index contributed by atoms with van der Waals surface area (Å²) in [6.07, 6.45) is 6.57. The molecule has 0 radical (unpaired) electrons. The van der Waals surface area contributed by atoms with Crippen LogP contribution in [0.3, 0.4) is 0 Å². The number of nitrogens with zero attached hydrogens (tertiary/aromatic N) is 1. The van der Waals surface area contributed by atoms with Gasteiger partial charge in [0.05, 0.1) is 5.02 Å². The number of halogens is 2. The molecule has 0 aromatic carbocycles. The van der Waals surface area contributed by atoms with Crippen molar-refractivity contribution in [2.45, 2.75) is 19.3 Å². The summed E-state index contributed by atoms with van der Waals surface area (Å²) in [5, 5.41) is 0.757. The Morgan fingerprint density at radius 1 is 1.33 bits per heavy atom. The van der Waals surface area contributed by atoms with Crippen LogP contribution in [-0.4, -0.2) is 10.9 Å². The summed E-state index contributed by atoms with van der Waals surface area (Å²) in [6, 6.07) is 1.95. The van der Waals surface area contributed by atoms with Crippen LogP contribution in [-0.2, 0) is 6.42 Å². The van der Waals surface area contributed by atoms with Crippen molar-refractivity contribution in [3.8, 4) is 0 Å². The van der Waals surface area contributed by atoms with Crippen molar-refractivity contribution in [1.29, 1.82) is 0 Å². The van der Waals surface area contributed by atoms with E-state index in [1.165, 1.54) is 0 Å². The molecule has 0 bridgehead atoms. The zero-order valence-corrected chi connectivity index (χ0v) is 8.28. The van der Waals surface area contributed by atoms with Gasteiger partial charge in [-0.25, -0.2) is 0 Å². The molecule has 12 heavy (non-hydrogen) atoms. The van der Waals surface area contributed by atoms with Crippen LogP contribution in [0, 0.1) is 0 Å². The summed E-state index contributed by atoms with van der Waals surface area (Å²) in [7, 11) is 0. The molecule has 1 heterocycles. The first kappa shape index (κ1) is 9.82. The van der Waals surface area contributed by atoms with Gasteiger partial charge >= 0.3 is 0 Å². The molecule has 1 nitrogen and oxygen atoms in total. The first-order chi connectivity index (χ1) is 5.84. The van der Waals surface area contributed by atoms with Crippen LogP contribution >= 0.6 is 23.2 Å². The fraction of sp³-hybridized carbons (Fsp3) is 0.444. The average Bonchev–Trinajstić information content (AvgIpc) is 2.09. The summed E-state index contributed by atoms with van der Waals surface area (Å²) in [4.78, 5) is 3.92. The van der Waals surface area contributed by atoms with E-state index in [0.717, 1.165) is 35.7 Å². The summed E-state index contributed by atoms with van der Waals surface area (Å²) in [6.45, 7) is 0. The molecule has 1 aromatic heterocycles. The van der Waals surface area contributed by atoms with Crippen molar-refractivity contribution in [1.82, 2.24) is 4.98 Å². The third kappa shape index (κ3) is 3.00. The van der Waals surface area contributed by atoms with Crippen molar-refractivity contribution < 1.29 is 0 Å². The number of alkyl halides is 1. The molecule has 0 aliphatic rings. The molecular formula is C9H11Cl2N. The second-order valence-electron chi connectivity index (χ2n) is 2.61. The average molecular weight is 204 g/mol. The normalized spacial score (nSPS) is 10.2. The first-order valence-corrected chi connectivity index (χ1v) is 4.90. The smallest absolute Gasteiger partial charge is 0.0621 e. The molecule has 0 saturated heterocycles. The number of hydrogen-bond donors (Lipinski definition) is 0. The summed E-state index contributed by atoms with van der Waals surface area (Å²) < 4.78 is 0. The Kier molecular flexibility index (Phi) is 4.41. The van der Waals surface area contributed by atoms with Crippen LogP contribution in [0.4, 0.5) is 0 Å². The van der Waals surface area contributed by atoms with E-state index in [2.05, 4.69) is 4.98 Å². The second-order valence-corrected chi connectivity index (χ2v) is 3.40. The second kappa shape index (κ2) is 5.39. The lowest BCUT2D eigenvalue weighted by atomic mass is 10.1. The standard InChI is InChI=1S/C9H11Cl2N/c10-5-2-1-3-8-4-6-12-7-9(8)11/h4,6-7H,1-3,5H2. The number of pyridine rings is 1. The molecule has 1 rings (SSSR count). The Balaban J connectivity index is 2.46. The monoisotopic (exact) mass is 203 g/mol. The highest BCUT2D eigenvalue weighted by molar-refractivity contribution is 6.31. The molecule has 0 aliphatic carbocycles. The third-order valence-corrected chi connectivity index (χ3v) is 2.29. The lowest BCUT2D eigenvalue weighted by Gasteiger charge is -2.01.